The zero-order chi connectivity index (χ0) is 16.2. The normalized spacial score (nSPS) is 10.8. The summed E-state index contributed by atoms with van der Waals surface area (Å²) in [5.41, 5.74) is 4.11. The zero-order valence-electron chi connectivity index (χ0n) is 14.8. The summed E-state index contributed by atoms with van der Waals surface area (Å²) in [4.78, 5) is 0. The second-order valence-electron chi connectivity index (χ2n) is 6.64. The van der Waals surface area contributed by atoms with Crippen LogP contribution in [0.1, 0.15) is 70.3 Å². The Balaban J connectivity index is 1.60. The van der Waals surface area contributed by atoms with Crippen molar-refractivity contribution in [2.75, 3.05) is 0 Å². The summed E-state index contributed by atoms with van der Waals surface area (Å²) < 4.78 is 0. The van der Waals surface area contributed by atoms with Gasteiger partial charge >= 0.3 is 0 Å². The molecule has 23 heavy (non-hydrogen) atoms. The largest absolute Gasteiger partial charge is 0.0654 e. The molecule has 0 unspecified atom stereocenters. The van der Waals surface area contributed by atoms with Crippen molar-refractivity contribution in [1.82, 2.24) is 0 Å². The maximum Gasteiger partial charge on any atom is -0.0184 e. The molecule has 0 aliphatic rings. The Morgan fingerprint density at radius 1 is 0.522 bits per heavy atom. The number of benzene rings is 2. The highest BCUT2D eigenvalue weighted by atomic mass is 14.0. The lowest BCUT2D eigenvalue weighted by Crippen LogP contribution is -1.87. The van der Waals surface area contributed by atoms with Crippen molar-refractivity contribution in [3.8, 4) is 11.1 Å². The van der Waals surface area contributed by atoms with Crippen molar-refractivity contribution in [2.45, 2.75) is 71.1 Å². The lowest BCUT2D eigenvalue weighted by atomic mass is 10.0. The first kappa shape index (κ1) is 17.8. The summed E-state index contributed by atoms with van der Waals surface area (Å²) in [7, 11) is 0. The topological polar surface area (TPSA) is 0 Å². The molecule has 0 atom stereocenters. The van der Waals surface area contributed by atoms with Crippen molar-refractivity contribution >= 4 is 0 Å². The highest BCUT2D eigenvalue weighted by molar-refractivity contribution is 5.63. The van der Waals surface area contributed by atoms with E-state index < -0.39 is 0 Å². The van der Waals surface area contributed by atoms with Crippen LogP contribution >= 0.6 is 0 Å². The third-order valence-corrected chi connectivity index (χ3v) is 4.63. The molecule has 0 aliphatic carbocycles. The van der Waals surface area contributed by atoms with Crippen molar-refractivity contribution in [3.63, 3.8) is 0 Å². The van der Waals surface area contributed by atoms with Crippen LogP contribution in [0.5, 0.6) is 0 Å². The average Bonchev–Trinajstić information content (AvgIpc) is 2.62. The van der Waals surface area contributed by atoms with E-state index in [1.807, 2.05) is 0 Å². The fraction of sp³-hybridized carbons (Fsp3) is 0.478. The minimum Gasteiger partial charge on any atom is -0.0654 e. The molecular formula is C23H32. The van der Waals surface area contributed by atoms with Gasteiger partial charge < -0.3 is 0 Å². The number of aryl methyl sites for hydroxylation is 1. The SMILES string of the molecule is CCCCCCCCCCCc1ccc(-c2ccccc2)cc1. The zero-order valence-corrected chi connectivity index (χ0v) is 14.8. The molecule has 0 N–H and O–H groups in total. The Hall–Kier alpha value is -1.56. The molecule has 0 aromatic heterocycles. The molecule has 0 bridgehead atoms. The second-order valence-corrected chi connectivity index (χ2v) is 6.64. The molecule has 0 fully saturated rings. The van der Waals surface area contributed by atoms with Gasteiger partial charge in [0, 0.05) is 0 Å². The highest BCUT2D eigenvalue weighted by Crippen LogP contribution is 2.20. The van der Waals surface area contributed by atoms with Crippen molar-refractivity contribution in [1.29, 1.82) is 0 Å². The predicted molar refractivity (Wildman–Crippen MR) is 103 cm³/mol. The van der Waals surface area contributed by atoms with Crippen LogP contribution < -0.4 is 0 Å². The third-order valence-electron chi connectivity index (χ3n) is 4.63. The van der Waals surface area contributed by atoms with Gasteiger partial charge in [0.2, 0.25) is 0 Å². The van der Waals surface area contributed by atoms with Crippen LogP contribution in [0.4, 0.5) is 0 Å². The first-order valence-electron chi connectivity index (χ1n) is 9.54. The fourth-order valence-corrected chi connectivity index (χ4v) is 3.13. The first-order valence-corrected chi connectivity index (χ1v) is 9.54. The van der Waals surface area contributed by atoms with Crippen LogP contribution in [0, 0.1) is 0 Å². The van der Waals surface area contributed by atoms with Gasteiger partial charge in [0.15, 0.2) is 0 Å². The molecule has 0 heterocycles. The van der Waals surface area contributed by atoms with Crippen LogP contribution in [0.3, 0.4) is 0 Å². The molecule has 0 aliphatic heterocycles. The van der Waals surface area contributed by atoms with Gasteiger partial charge in [-0.05, 0) is 29.5 Å². The van der Waals surface area contributed by atoms with E-state index in [-0.39, 0.29) is 0 Å². The van der Waals surface area contributed by atoms with Gasteiger partial charge in [-0.1, -0.05) is 113 Å². The minimum absolute atomic E-state index is 1.23. The third kappa shape index (κ3) is 7.03. The summed E-state index contributed by atoms with van der Waals surface area (Å²) in [6, 6.07) is 19.8. The second kappa shape index (κ2) is 11.0. The number of hydrogen-bond acceptors (Lipinski definition) is 0. The van der Waals surface area contributed by atoms with Gasteiger partial charge in [-0.2, -0.15) is 0 Å². The Morgan fingerprint density at radius 2 is 1.04 bits per heavy atom. The van der Waals surface area contributed by atoms with E-state index >= 15 is 0 Å². The van der Waals surface area contributed by atoms with Gasteiger partial charge in [0.1, 0.15) is 0 Å². The Kier molecular flexibility index (Phi) is 8.55. The fourth-order valence-electron chi connectivity index (χ4n) is 3.13. The molecule has 0 saturated heterocycles. The lowest BCUT2D eigenvalue weighted by molar-refractivity contribution is 0.565. The molecule has 0 nitrogen and oxygen atoms in total. The van der Waals surface area contributed by atoms with Crippen molar-refractivity contribution < 1.29 is 0 Å². The maximum absolute atomic E-state index is 2.30. The molecule has 124 valence electrons. The summed E-state index contributed by atoms with van der Waals surface area (Å²) in [5, 5.41) is 0. The standard InChI is InChI=1S/C23H32/c1-2-3-4-5-6-7-8-9-11-14-21-17-19-23(20-18-21)22-15-12-10-13-16-22/h10,12-13,15-20H,2-9,11,14H2,1H3. The van der Waals surface area contributed by atoms with Gasteiger partial charge in [-0.3, -0.25) is 0 Å². The van der Waals surface area contributed by atoms with Gasteiger partial charge in [-0.15, -0.1) is 0 Å². The number of rotatable bonds is 11. The molecule has 0 amide bonds. The Labute approximate surface area is 143 Å². The van der Waals surface area contributed by atoms with E-state index in [9.17, 15) is 0 Å². The first-order chi connectivity index (χ1) is 11.4. The van der Waals surface area contributed by atoms with Gasteiger partial charge in [0.05, 0.1) is 0 Å². The highest BCUT2D eigenvalue weighted by Gasteiger charge is 1.98. The maximum atomic E-state index is 2.30. The van der Waals surface area contributed by atoms with E-state index in [2.05, 4.69) is 61.5 Å². The van der Waals surface area contributed by atoms with Crippen molar-refractivity contribution in [3.05, 3.63) is 60.2 Å². The lowest BCUT2D eigenvalue weighted by Gasteiger charge is -2.05. The number of hydrogen-bond donors (Lipinski definition) is 0. The summed E-state index contributed by atoms with van der Waals surface area (Å²) >= 11 is 0. The molecular weight excluding hydrogens is 276 g/mol. The van der Waals surface area contributed by atoms with Crippen LogP contribution in [-0.4, -0.2) is 0 Å². The van der Waals surface area contributed by atoms with E-state index in [0.29, 0.717) is 0 Å². The number of unbranched alkanes of at least 4 members (excludes halogenated alkanes) is 8. The smallest absolute Gasteiger partial charge is 0.0184 e. The summed E-state index contributed by atoms with van der Waals surface area (Å²) in [6.07, 6.45) is 13.9. The van der Waals surface area contributed by atoms with Gasteiger partial charge in [-0.25, -0.2) is 0 Å². The van der Waals surface area contributed by atoms with Crippen LogP contribution in [0.2, 0.25) is 0 Å². The van der Waals surface area contributed by atoms with Crippen LogP contribution in [-0.2, 0) is 6.42 Å². The van der Waals surface area contributed by atoms with E-state index in [0.717, 1.165) is 0 Å². The predicted octanol–water partition coefficient (Wildman–Crippen LogP) is 7.43. The molecule has 2 aromatic carbocycles. The summed E-state index contributed by atoms with van der Waals surface area (Å²) in [5.74, 6) is 0. The van der Waals surface area contributed by atoms with E-state index in [4.69, 9.17) is 0 Å². The molecule has 0 spiro atoms. The monoisotopic (exact) mass is 308 g/mol. The molecule has 2 aromatic rings. The molecule has 0 heteroatoms. The minimum atomic E-state index is 1.23. The molecule has 0 radical (unpaired) electrons. The molecule has 0 saturated carbocycles. The van der Waals surface area contributed by atoms with Crippen molar-refractivity contribution in [2.24, 2.45) is 0 Å². The molecule has 2 rings (SSSR count). The Morgan fingerprint density at radius 3 is 1.65 bits per heavy atom. The van der Waals surface area contributed by atoms with Crippen LogP contribution in [0.25, 0.3) is 11.1 Å². The summed E-state index contributed by atoms with van der Waals surface area (Å²) in [6.45, 7) is 2.28. The van der Waals surface area contributed by atoms with Crippen LogP contribution in [0.15, 0.2) is 54.6 Å². The van der Waals surface area contributed by atoms with E-state index in [1.54, 1.807) is 0 Å². The average molecular weight is 309 g/mol. The Bertz CT molecular complexity index is 509. The van der Waals surface area contributed by atoms with Gasteiger partial charge in [0.25, 0.3) is 0 Å². The van der Waals surface area contributed by atoms with E-state index in [1.165, 1.54) is 80.9 Å². The quantitative estimate of drug-likeness (QED) is 0.379.